The van der Waals surface area contributed by atoms with E-state index in [0.717, 1.165) is 12.5 Å². The molecule has 0 spiro atoms. The zero-order valence-electron chi connectivity index (χ0n) is 19.1. The molecule has 0 radical (unpaired) electrons. The van der Waals surface area contributed by atoms with Crippen LogP contribution in [0.15, 0.2) is 48.5 Å². The molecule has 3 aromatic rings. The highest BCUT2D eigenvalue weighted by Crippen LogP contribution is 2.40. The average molecular weight is 534 g/mol. The van der Waals surface area contributed by atoms with Crippen molar-refractivity contribution in [3.8, 4) is 28.0 Å². The summed E-state index contributed by atoms with van der Waals surface area (Å²) >= 11 is 0. The summed E-state index contributed by atoms with van der Waals surface area (Å²) in [5.41, 5.74) is -0.271. The topological polar surface area (TPSA) is 18.5 Å². The summed E-state index contributed by atoms with van der Waals surface area (Å²) < 4.78 is 130. The van der Waals surface area contributed by atoms with Gasteiger partial charge in [0.1, 0.15) is 0 Å². The number of halogens is 9. The van der Waals surface area contributed by atoms with Crippen LogP contribution in [0.5, 0.6) is 5.75 Å². The third-order valence-corrected chi connectivity index (χ3v) is 6.08. The minimum Gasteiger partial charge on any atom is -0.423 e. The van der Waals surface area contributed by atoms with Gasteiger partial charge >= 0.3 is 12.3 Å². The fourth-order valence-corrected chi connectivity index (χ4v) is 4.02. The molecule has 2 unspecified atom stereocenters. The zero-order valence-corrected chi connectivity index (χ0v) is 19.1. The van der Waals surface area contributed by atoms with Gasteiger partial charge in [0.15, 0.2) is 23.2 Å². The van der Waals surface area contributed by atoms with Gasteiger partial charge in [-0.2, -0.15) is 26.3 Å². The summed E-state index contributed by atoms with van der Waals surface area (Å²) in [5.74, 6) is -7.25. The number of hydrogen-bond donors (Lipinski definition) is 0. The SMILES string of the molecule is CC1CCC(c2ccc(-c3ccc(-c4ccc(OC(F)(F)C(F)(F)F)c(F)c4F)cc3)c(F)c2F)OC1. The van der Waals surface area contributed by atoms with Crippen LogP contribution in [0, 0.1) is 29.2 Å². The van der Waals surface area contributed by atoms with Crippen molar-refractivity contribution >= 4 is 0 Å². The van der Waals surface area contributed by atoms with E-state index in [1.54, 1.807) is 0 Å². The molecule has 0 saturated carbocycles. The van der Waals surface area contributed by atoms with Crippen LogP contribution in [-0.2, 0) is 4.74 Å². The fourth-order valence-electron chi connectivity index (χ4n) is 4.02. The molecular formula is C26H19F9O2. The van der Waals surface area contributed by atoms with Crippen molar-refractivity contribution in [3.05, 3.63) is 77.4 Å². The van der Waals surface area contributed by atoms with E-state index in [1.165, 1.54) is 36.4 Å². The Bertz CT molecular complexity index is 1280. The molecule has 198 valence electrons. The summed E-state index contributed by atoms with van der Waals surface area (Å²) in [6, 6.07) is 9.04. The van der Waals surface area contributed by atoms with Crippen molar-refractivity contribution in [1.29, 1.82) is 0 Å². The molecule has 2 nitrogen and oxygen atoms in total. The minimum absolute atomic E-state index is 0.00323. The lowest BCUT2D eigenvalue weighted by molar-refractivity contribution is -0.361. The number of ether oxygens (including phenoxy) is 2. The maximum atomic E-state index is 14.9. The van der Waals surface area contributed by atoms with Gasteiger partial charge in [0.2, 0.25) is 5.82 Å². The van der Waals surface area contributed by atoms with E-state index in [4.69, 9.17) is 4.74 Å². The second-order valence-electron chi connectivity index (χ2n) is 8.77. The second-order valence-corrected chi connectivity index (χ2v) is 8.77. The first-order chi connectivity index (χ1) is 17.3. The molecule has 0 N–H and O–H groups in total. The van der Waals surface area contributed by atoms with Crippen molar-refractivity contribution in [1.82, 2.24) is 0 Å². The third kappa shape index (κ3) is 5.27. The standard InChI is InChI=1S/C26H19F9O2/c1-13-2-10-19(36-12-13)18-8-7-16(21(27)23(18)29)14-3-5-15(6-4-14)17-9-11-20(24(30)22(17)28)37-26(34,35)25(31,32)33/h3-9,11,13,19H,2,10,12H2,1H3. The van der Waals surface area contributed by atoms with Crippen LogP contribution in [0.2, 0.25) is 0 Å². The van der Waals surface area contributed by atoms with E-state index in [2.05, 4.69) is 4.74 Å². The van der Waals surface area contributed by atoms with Crippen LogP contribution in [0.4, 0.5) is 39.5 Å². The van der Waals surface area contributed by atoms with E-state index in [-0.39, 0.29) is 22.3 Å². The van der Waals surface area contributed by atoms with Gasteiger partial charge in [-0.3, -0.25) is 0 Å². The van der Waals surface area contributed by atoms with Crippen LogP contribution in [-0.4, -0.2) is 18.9 Å². The first-order valence-electron chi connectivity index (χ1n) is 11.1. The molecule has 1 heterocycles. The predicted octanol–water partition coefficient (Wildman–Crippen LogP) is 8.60. The van der Waals surface area contributed by atoms with Gasteiger partial charge in [0.25, 0.3) is 0 Å². The molecule has 37 heavy (non-hydrogen) atoms. The Hall–Kier alpha value is -3.21. The van der Waals surface area contributed by atoms with Crippen molar-refractivity contribution < 1.29 is 49.0 Å². The van der Waals surface area contributed by atoms with Crippen molar-refractivity contribution in [2.75, 3.05) is 6.61 Å². The average Bonchev–Trinajstić information content (AvgIpc) is 2.84. The predicted molar refractivity (Wildman–Crippen MR) is 116 cm³/mol. The van der Waals surface area contributed by atoms with Gasteiger partial charge in [-0.1, -0.05) is 43.3 Å². The van der Waals surface area contributed by atoms with Gasteiger partial charge in [-0.05, 0) is 42.0 Å². The first kappa shape index (κ1) is 26.8. The highest BCUT2D eigenvalue weighted by atomic mass is 19.4. The largest absolute Gasteiger partial charge is 0.499 e. The minimum atomic E-state index is -6.14. The Morgan fingerprint density at radius 2 is 1.24 bits per heavy atom. The van der Waals surface area contributed by atoms with Crippen LogP contribution in [0.25, 0.3) is 22.3 Å². The van der Waals surface area contributed by atoms with Gasteiger partial charge < -0.3 is 9.47 Å². The molecule has 1 aliphatic heterocycles. The van der Waals surface area contributed by atoms with E-state index in [0.29, 0.717) is 25.0 Å². The lowest BCUT2D eigenvalue weighted by Gasteiger charge is -2.27. The van der Waals surface area contributed by atoms with Crippen molar-refractivity contribution in [3.63, 3.8) is 0 Å². The van der Waals surface area contributed by atoms with E-state index < -0.39 is 53.0 Å². The number of benzene rings is 3. The lowest BCUT2D eigenvalue weighted by Crippen LogP contribution is -2.42. The Morgan fingerprint density at radius 1 is 0.703 bits per heavy atom. The molecule has 1 saturated heterocycles. The van der Waals surface area contributed by atoms with Crippen LogP contribution in [0.1, 0.15) is 31.4 Å². The fraction of sp³-hybridized carbons (Fsp3) is 0.308. The molecule has 2 atom stereocenters. The molecular weight excluding hydrogens is 515 g/mol. The van der Waals surface area contributed by atoms with Crippen molar-refractivity contribution in [2.24, 2.45) is 5.92 Å². The Kier molecular flexibility index (Phi) is 7.20. The summed E-state index contributed by atoms with van der Waals surface area (Å²) in [6.07, 6.45) is -11.1. The van der Waals surface area contributed by atoms with Crippen LogP contribution < -0.4 is 4.74 Å². The Morgan fingerprint density at radius 3 is 1.76 bits per heavy atom. The molecule has 0 amide bonds. The number of hydrogen-bond acceptors (Lipinski definition) is 2. The smallest absolute Gasteiger partial charge is 0.423 e. The lowest BCUT2D eigenvalue weighted by atomic mass is 9.93. The third-order valence-electron chi connectivity index (χ3n) is 6.08. The van der Waals surface area contributed by atoms with Gasteiger partial charge in [-0.15, -0.1) is 0 Å². The molecule has 1 fully saturated rings. The normalized spacial score (nSPS) is 18.6. The summed E-state index contributed by atoms with van der Waals surface area (Å²) in [6.45, 7) is 2.43. The molecule has 0 bridgehead atoms. The molecule has 1 aliphatic rings. The Labute approximate surface area is 205 Å². The second kappa shape index (κ2) is 9.92. The van der Waals surface area contributed by atoms with Crippen molar-refractivity contribution in [2.45, 2.75) is 38.2 Å². The van der Waals surface area contributed by atoms with E-state index in [9.17, 15) is 39.5 Å². The highest BCUT2D eigenvalue weighted by Gasteiger charge is 2.61. The summed E-state index contributed by atoms with van der Waals surface area (Å²) in [7, 11) is 0. The molecule has 4 rings (SSSR count). The maximum absolute atomic E-state index is 14.9. The quantitative estimate of drug-likeness (QED) is 0.305. The first-order valence-corrected chi connectivity index (χ1v) is 11.1. The summed E-state index contributed by atoms with van der Waals surface area (Å²) in [4.78, 5) is 0. The zero-order chi connectivity index (χ0) is 27.1. The van der Waals surface area contributed by atoms with Gasteiger partial charge in [0, 0.05) is 23.3 Å². The summed E-state index contributed by atoms with van der Waals surface area (Å²) in [5, 5.41) is 0. The molecule has 0 aliphatic carbocycles. The number of rotatable bonds is 5. The Balaban J connectivity index is 1.58. The van der Waals surface area contributed by atoms with Crippen LogP contribution >= 0.6 is 0 Å². The van der Waals surface area contributed by atoms with Gasteiger partial charge in [0.05, 0.1) is 6.10 Å². The molecule has 3 aromatic carbocycles. The van der Waals surface area contributed by atoms with E-state index >= 15 is 0 Å². The van der Waals surface area contributed by atoms with Gasteiger partial charge in [-0.25, -0.2) is 13.2 Å². The van der Waals surface area contributed by atoms with Crippen LogP contribution in [0.3, 0.4) is 0 Å². The maximum Gasteiger partial charge on any atom is 0.499 e. The highest BCUT2D eigenvalue weighted by molar-refractivity contribution is 5.71. The number of alkyl halides is 5. The monoisotopic (exact) mass is 534 g/mol. The molecule has 0 aromatic heterocycles. The van der Waals surface area contributed by atoms with E-state index in [1.807, 2.05) is 6.92 Å². The molecule has 11 heteroatoms.